The summed E-state index contributed by atoms with van der Waals surface area (Å²) in [6, 6.07) is 4.91. The largest absolute Gasteiger partial charge is 0.371 e. The van der Waals surface area contributed by atoms with E-state index in [4.69, 9.17) is 0 Å². The van der Waals surface area contributed by atoms with Crippen LogP contribution in [0.3, 0.4) is 0 Å². The first-order valence-electron chi connectivity index (χ1n) is 10.5. The van der Waals surface area contributed by atoms with Crippen molar-refractivity contribution in [1.82, 2.24) is 14.8 Å². The van der Waals surface area contributed by atoms with Crippen LogP contribution in [0.15, 0.2) is 24.5 Å². The van der Waals surface area contributed by atoms with Gasteiger partial charge in [-0.2, -0.15) is 0 Å². The van der Waals surface area contributed by atoms with Crippen molar-refractivity contribution in [3.8, 4) is 0 Å². The number of anilines is 1. The third kappa shape index (κ3) is 4.03. The lowest BCUT2D eigenvalue weighted by Gasteiger charge is -2.42. The van der Waals surface area contributed by atoms with Gasteiger partial charge in [-0.15, -0.1) is 0 Å². The van der Waals surface area contributed by atoms with Gasteiger partial charge in [-0.3, -0.25) is 14.7 Å². The van der Waals surface area contributed by atoms with Crippen LogP contribution in [0.5, 0.6) is 0 Å². The number of rotatable bonds is 3. The fourth-order valence-electron chi connectivity index (χ4n) is 4.95. The minimum atomic E-state index is 0.217. The van der Waals surface area contributed by atoms with Crippen LogP contribution in [0.25, 0.3) is 0 Å². The van der Waals surface area contributed by atoms with Crippen molar-refractivity contribution >= 4 is 11.6 Å². The highest BCUT2D eigenvalue weighted by molar-refractivity contribution is 5.79. The summed E-state index contributed by atoms with van der Waals surface area (Å²) in [5.41, 5.74) is 1.23. The second-order valence-electron chi connectivity index (χ2n) is 8.12. The summed E-state index contributed by atoms with van der Waals surface area (Å²) in [5, 5.41) is 0. The van der Waals surface area contributed by atoms with Gasteiger partial charge in [0.2, 0.25) is 5.91 Å². The number of aromatic nitrogens is 1. The summed E-state index contributed by atoms with van der Waals surface area (Å²) in [5.74, 6) is 0.622. The molecule has 2 aliphatic heterocycles. The molecule has 26 heavy (non-hydrogen) atoms. The first-order chi connectivity index (χ1) is 12.8. The minimum absolute atomic E-state index is 0.217. The van der Waals surface area contributed by atoms with E-state index in [2.05, 4.69) is 31.8 Å². The van der Waals surface area contributed by atoms with Gasteiger partial charge in [0.15, 0.2) is 0 Å². The zero-order chi connectivity index (χ0) is 17.8. The highest BCUT2D eigenvalue weighted by atomic mass is 16.2. The van der Waals surface area contributed by atoms with Crippen molar-refractivity contribution in [2.75, 3.05) is 44.2 Å². The number of hydrogen-bond donors (Lipinski definition) is 0. The normalized spacial score (nSPS) is 24.0. The molecule has 3 fully saturated rings. The second kappa shape index (κ2) is 8.38. The molecule has 0 radical (unpaired) electrons. The first-order valence-corrected chi connectivity index (χ1v) is 10.5. The van der Waals surface area contributed by atoms with E-state index in [0.717, 1.165) is 58.2 Å². The molecule has 4 rings (SSSR count). The Bertz CT molecular complexity index is 571. The number of carbonyl (C=O) groups excluding carboxylic acids is 1. The van der Waals surface area contributed by atoms with Gasteiger partial charge in [0.1, 0.15) is 0 Å². The Morgan fingerprint density at radius 1 is 0.846 bits per heavy atom. The maximum absolute atomic E-state index is 13.0. The Balaban J connectivity index is 1.24. The van der Waals surface area contributed by atoms with E-state index in [0.29, 0.717) is 5.91 Å². The highest BCUT2D eigenvalue weighted by Gasteiger charge is 2.32. The molecule has 1 saturated carbocycles. The van der Waals surface area contributed by atoms with Crippen molar-refractivity contribution in [2.24, 2.45) is 5.92 Å². The molecule has 1 aromatic rings. The Kier molecular flexibility index (Phi) is 5.73. The Labute approximate surface area is 157 Å². The van der Waals surface area contributed by atoms with Gasteiger partial charge in [0.05, 0.1) is 0 Å². The Hall–Kier alpha value is -1.62. The van der Waals surface area contributed by atoms with Gasteiger partial charge in [-0.05, 0) is 37.8 Å². The van der Waals surface area contributed by atoms with E-state index in [1.165, 1.54) is 37.8 Å². The lowest BCUT2D eigenvalue weighted by molar-refractivity contribution is -0.138. The molecule has 5 nitrogen and oxygen atoms in total. The molecule has 0 unspecified atom stereocenters. The number of piperazine rings is 1. The van der Waals surface area contributed by atoms with Crippen LogP contribution < -0.4 is 4.90 Å². The molecule has 0 spiro atoms. The van der Waals surface area contributed by atoms with Crippen LogP contribution in [0.4, 0.5) is 5.69 Å². The van der Waals surface area contributed by atoms with E-state index in [1.807, 2.05) is 12.4 Å². The summed E-state index contributed by atoms with van der Waals surface area (Å²) in [6.45, 7) is 5.96. The minimum Gasteiger partial charge on any atom is -0.371 e. The van der Waals surface area contributed by atoms with Crippen molar-refractivity contribution in [1.29, 1.82) is 0 Å². The van der Waals surface area contributed by atoms with E-state index < -0.39 is 0 Å². The van der Waals surface area contributed by atoms with Crippen LogP contribution >= 0.6 is 0 Å². The maximum Gasteiger partial charge on any atom is 0.225 e. The van der Waals surface area contributed by atoms with E-state index in [-0.39, 0.29) is 5.92 Å². The molecule has 1 amide bonds. The zero-order valence-electron chi connectivity index (χ0n) is 15.9. The van der Waals surface area contributed by atoms with Crippen LogP contribution in [-0.4, -0.2) is 66.0 Å². The number of piperidine rings is 1. The number of nitrogens with zero attached hydrogens (tertiary/aromatic N) is 4. The van der Waals surface area contributed by atoms with E-state index >= 15 is 0 Å². The van der Waals surface area contributed by atoms with Crippen molar-refractivity contribution in [3.63, 3.8) is 0 Å². The van der Waals surface area contributed by atoms with Gasteiger partial charge in [-0.25, -0.2) is 0 Å². The topological polar surface area (TPSA) is 39.7 Å². The summed E-state index contributed by atoms with van der Waals surface area (Å²) < 4.78 is 0. The van der Waals surface area contributed by atoms with Crippen molar-refractivity contribution in [2.45, 2.75) is 51.0 Å². The van der Waals surface area contributed by atoms with Crippen LogP contribution in [-0.2, 0) is 4.79 Å². The predicted molar refractivity (Wildman–Crippen MR) is 104 cm³/mol. The highest BCUT2D eigenvalue weighted by Crippen LogP contribution is 2.26. The van der Waals surface area contributed by atoms with E-state index in [1.54, 1.807) is 0 Å². The van der Waals surface area contributed by atoms with Gasteiger partial charge >= 0.3 is 0 Å². The number of pyridine rings is 1. The van der Waals surface area contributed by atoms with Crippen molar-refractivity contribution in [3.05, 3.63) is 24.5 Å². The van der Waals surface area contributed by atoms with Crippen LogP contribution in [0, 0.1) is 5.92 Å². The fraction of sp³-hybridized carbons (Fsp3) is 0.714. The van der Waals surface area contributed by atoms with Crippen LogP contribution in [0.1, 0.15) is 44.9 Å². The van der Waals surface area contributed by atoms with Crippen molar-refractivity contribution < 1.29 is 4.79 Å². The molecule has 142 valence electrons. The summed E-state index contributed by atoms with van der Waals surface area (Å²) >= 11 is 0. The molecule has 2 saturated heterocycles. The average Bonchev–Trinajstić information content (AvgIpc) is 2.75. The Morgan fingerprint density at radius 2 is 1.50 bits per heavy atom. The SMILES string of the molecule is O=C(C1CCN(c2ccncc2)CC1)N1CCN(C2CCCCC2)CC1. The molecule has 3 aliphatic rings. The van der Waals surface area contributed by atoms with Crippen LogP contribution in [0.2, 0.25) is 0 Å². The second-order valence-corrected chi connectivity index (χ2v) is 8.12. The third-order valence-electron chi connectivity index (χ3n) is 6.59. The molecule has 1 aliphatic carbocycles. The molecule has 3 heterocycles. The number of hydrogen-bond acceptors (Lipinski definition) is 4. The van der Waals surface area contributed by atoms with Gasteiger partial charge < -0.3 is 9.80 Å². The monoisotopic (exact) mass is 356 g/mol. The molecule has 0 aromatic carbocycles. The third-order valence-corrected chi connectivity index (χ3v) is 6.59. The smallest absolute Gasteiger partial charge is 0.225 e. The standard InChI is InChI=1S/C21H32N4O/c26-21(18-8-12-23(13-9-18)20-6-10-22-11-7-20)25-16-14-24(15-17-25)19-4-2-1-3-5-19/h6-7,10-11,18-19H,1-5,8-9,12-17H2. The number of carbonyl (C=O) groups is 1. The zero-order valence-corrected chi connectivity index (χ0v) is 15.9. The fourth-order valence-corrected chi connectivity index (χ4v) is 4.95. The molecule has 0 N–H and O–H groups in total. The maximum atomic E-state index is 13.0. The van der Waals surface area contributed by atoms with Gasteiger partial charge in [-0.1, -0.05) is 19.3 Å². The summed E-state index contributed by atoms with van der Waals surface area (Å²) in [4.78, 5) is 24.2. The first kappa shape index (κ1) is 17.8. The summed E-state index contributed by atoms with van der Waals surface area (Å²) in [7, 11) is 0. The molecular formula is C21H32N4O. The molecular weight excluding hydrogens is 324 g/mol. The lowest BCUT2D eigenvalue weighted by Crippen LogP contribution is -2.54. The predicted octanol–water partition coefficient (Wildman–Crippen LogP) is 2.77. The lowest BCUT2D eigenvalue weighted by atomic mass is 9.93. The van der Waals surface area contributed by atoms with Gasteiger partial charge in [0.25, 0.3) is 0 Å². The Morgan fingerprint density at radius 3 is 2.15 bits per heavy atom. The molecule has 1 aromatic heterocycles. The number of amides is 1. The molecule has 0 atom stereocenters. The quantitative estimate of drug-likeness (QED) is 0.835. The van der Waals surface area contributed by atoms with Gasteiger partial charge in [0, 0.05) is 69.3 Å². The van der Waals surface area contributed by atoms with E-state index in [9.17, 15) is 4.79 Å². The average molecular weight is 357 g/mol. The molecule has 0 bridgehead atoms. The summed E-state index contributed by atoms with van der Waals surface area (Å²) in [6.07, 6.45) is 12.6. The molecule has 5 heteroatoms.